The lowest BCUT2D eigenvalue weighted by atomic mass is 9.96. The van der Waals surface area contributed by atoms with Gasteiger partial charge in [0.25, 0.3) is 0 Å². The third-order valence-electron chi connectivity index (χ3n) is 5.14. The number of ether oxygens (including phenoxy) is 2. The minimum atomic E-state index is -0.182. The van der Waals surface area contributed by atoms with Gasteiger partial charge in [0.15, 0.2) is 11.5 Å². The van der Waals surface area contributed by atoms with Crippen LogP contribution in [0.25, 0.3) is 0 Å². The van der Waals surface area contributed by atoms with Crippen LogP contribution in [-0.2, 0) is 6.42 Å². The maximum absolute atomic E-state index is 12.1. The molecule has 1 aromatic heterocycles. The third kappa shape index (κ3) is 6.27. The van der Waals surface area contributed by atoms with E-state index in [2.05, 4.69) is 20.9 Å². The summed E-state index contributed by atoms with van der Waals surface area (Å²) in [4.78, 5) is 16.4. The number of carbonyl (C=O) groups is 1. The highest BCUT2D eigenvalue weighted by atomic mass is 16.5. The van der Waals surface area contributed by atoms with Crippen molar-refractivity contribution in [2.24, 2.45) is 0 Å². The Morgan fingerprint density at radius 3 is 2.55 bits per heavy atom. The van der Waals surface area contributed by atoms with Gasteiger partial charge in [-0.1, -0.05) is 25.3 Å². The number of carbonyl (C=O) groups excluding carboxylic acids is 1. The number of hydrogen-bond donors (Lipinski definition) is 3. The number of anilines is 2. The maximum Gasteiger partial charge on any atom is 0.320 e. The molecule has 1 aromatic carbocycles. The summed E-state index contributed by atoms with van der Waals surface area (Å²) in [5.74, 6) is 2.00. The van der Waals surface area contributed by atoms with Crippen molar-refractivity contribution in [1.29, 1.82) is 0 Å². The highest BCUT2D eigenvalue weighted by Gasteiger charge is 2.15. The molecule has 0 spiro atoms. The molecule has 3 N–H and O–H groups in total. The van der Waals surface area contributed by atoms with Gasteiger partial charge in [-0.15, -0.1) is 0 Å². The summed E-state index contributed by atoms with van der Waals surface area (Å²) in [7, 11) is 3.26. The smallest absolute Gasteiger partial charge is 0.320 e. The van der Waals surface area contributed by atoms with Crippen molar-refractivity contribution in [2.45, 2.75) is 44.6 Å². The molecular weight excluding hydrogens is 368 g/mol. The molecule has 3 rings (SSSR count). The zero-order valence-corrected chi connectivity index (χ0v) is 17.2. The van der Waals surface area contributed by atoms with E-state index in [-0.39, 0.29) is 12.1 Å². The Labute approximate surface area is 172 Å². The molecule has 0 unspecified atom stereocenters. The Bertz CT molecular complexity index is 789. The van der Waals surface area contributed by atoms with Crippen LogP contribution >= 0.6 is 0 Å². The van der Waals surface area contributed by atoms with Crippen LogP contribution in [0.15, 0.2) is 36.5 Å². The van der Waals surface area contributed by atoms with Crippen molar-refractivity contribution in [1.82, 2.24) is 10.3 Å². The van der Waals surface area contributed by atoms with E-state index >= 15 is 0 Å². The largest absolute Gasteiger partial charge is 0.493 e. The van der Waals surface area contributed by atoms with Gasteiger partial charge >= 0.3 is 6.03 Å². The number of rotatable bonds is 8. The van der Waals surface area contributed by atoms with Crippen molar-refractivity contribution in [3.05, 3.63) is 42.1 Å². The number of benzene rings is 1. The van der Waals surface area contributed by atoms with Crippen LogP contribution in [0.3, 0.4) is 0 Å². The quantitative estimate of drug-likeness (QED) is 0.620. The summed E-state index contributed by atoms with van der Waals surface area (Å²) < 4.78 is 10.6. The van der Waals surface area contributed by atoms with Gasteiger partial charge in [0.05, 0.1) is 26.1 Å². The highest BCUT2D eigenvalue weighted by molar-refractivity contribution is 5.88. The van der Waals surface area contributed by atoms with Gasteiger partial charge in [-0.2, -0.15) is 0 Å². The van der Waals surface area contributed by atoms with E-state index < -0.39 is 0 Å². The van der Waals surface area contributed by atoms with E-state index in [1.807, 2.05) is 24.3 Å². The predicted octanol–water partition coefficient (Wildman–Crippen LogP) is 4.21. The SMILES string of the molecule is COc1ccc(CCNc2ccc(NC(=O)NC3CCCCC3)nc2)cc1OC. The number of nitrogens with zero attached hydrogens (tertiary/aromatic N) is 1. The van der Waals surface area contributed by atoms with Crippen LogP contribution in [-0.4, -0.2) is 37.8 Å². The summed E-state index contributed by atoms with van der Waals surface area (Å²) in [6.07, 6.45) is 8.32. The van der Waals surface area contributed by atoms with E-state index in [0.29, 0.717) is 5.82 Å². The van der Waals surface area contributed by atoms with Gasteiger partial charge in [-0.25, -0.2) is 9.78 Å². The molecule has 0 saturated heterocycles. The van der Waals surface area contributed by atoms with E-state index in [9.17, 15) is 4.79 Å². The zero-order chi connectivity index (χ0) is 20.5. The molecule has 0 atom stereocenters. The zero-order valence-electron chi connectivity index (χ0n) is 17.2. The van der Waals surface area contributed by atoms with E-state index in [1.54, 1.807) is 26.5 Å². The first-order chi connectivity index (χ1) is 14.2. The Hall–Kier alpha value is -2.96. The molecule has 1 fully saturated rings. The summed E-state index contributed by atoms with van der Waals surface area (Å²) >= 11 is 0. The number of amides is 2. The molecule has 2 amide bonds. The van der Waals surface area contributed by atoms with Crippen molar-refractivity contribution in [3.63, 3.8) is 0 Å². The predicted molar refractivity (Wildman–Crippen MR) is 115 cm³/mol. The van der Waals surface area contributed by atoms with Gasteiger partial charge in [0.2, 0.25) is 0 Å². The van der Waals surface area contributed by atoms with Crippen molar-refractivity contribution < 1.29 is 14.3 Å². The molecule has 0 radical (unpaired) electrons. The normalized spacial score (nSPS) is 14.1. The average Bonchev–Trinajstić information content (AvgIpc) is 2.75. The lowest BCUT2D eigenvalue weighted by Crippen LogP contribution is -2.39. The molecule has 29 heavy (non-hydrogen) atoms. The molecule has 7 heteroatoms. The van der Waals surface area contributed by atoms with Crippen LogP contribution in [0.2, 0.25) is 0 Å². The second kappa shape index (κ2) is 10.5. The topological polar surface area (TPSA) is 84.5 Å². The average molecular weight is 399 g/mol. The van der Waals surface area contributed by atoms with Gasteiger partial charge in [0.1, 0.15) is 5.82 Å². The standard InChI is InChI=1S/C22H30N4O3/c1-28-19-10-8-16(14-20(19)29-2)12-13-23-18-9-11-21(24-15-18)26-22(27)25-17-6-4-3-5-7-17/h8-11,14-15,17,23H,3-7,12-13H2,1-2H3,(H2,24,25,26,27). The molecule has 2 aromatic rings. The second-order valence-electron chi connectivity index (χ2n) is 7.23. The maximum atomic E-state index is 12.1. The number of methoxy groups -OCH3 is 2. The molecule has 1 heterocycles. The number of aromatic nitrogens is 1. The monoisotopic (exact) mass is 398 g/mol. The first kappa shape index (κ1) is 20.8. The van der Waals surface area contributed by atoms with Crippen molar-refractivity contribution >= 4 is 17.5 Å². The molecular formula is C22H30N4O3. The summed E-state index contributed by atoms with van der Waals surface area (Å²) in [6.45, 7) is 0.756. The van der Waals surface area contributed by atoms with Gasteiger partial charge < -0.3 is 20.1 Å². The third-order valence-corrected chi connectivity index (χ3v) is 5.14. The minimum Gasteiger partial charge on any atom is -0.493 e. The van der Waals surface area contributed by atoms with Crippen LogP contribution < -0.4 is 25.4 Å². The molecule has 1 aliphatic carbocycles. The molecule has 0 bridgehead atoms. The lowest BCUT2D eigenvalue weighted by molar-refractivity contribution is 0.244. The summed E-state index contributed by atoms with van der Waals surface area (Å²) in [5, 5.41) is 9.18. The number of hydrogen-bond acceptors (Lipinski definition) is 5. The molecule has 156 valence electrons. The molecule has 7 nitrogen and oxygen atoms in total. The number of urea groups is 1. The Morgan fingerprint density at radius 1 is 1.07 bits per heavy atom. The molecule has 1 aliphatic rings. The van der Waals surface area contributed by atoms with E-state index in [0.717, 1.165) is 48.6 Å². The second-order valence-corrected chi connectivity index (χ2v) is 7.23. The van der Waals surface area contributed by atoms with Crippen LogP contribution in [0.1, 0.15) is 37.7 Å². The van der Waals surface area contributed by atoms with Crippen molar-refractivity contribution in [3.8, 4) is 11.5 Å². The minimum absolute atomic E-state index is 0.182. The summed E-state index contributed by atoms with van der Waals surface area (Å²) in [6, 6.07) is 9.74. The van der Waals surface area contributed by atoms with Crippen molar-refractivity contribution in [2.75, 3.05) is 31.4 Å². The number of nitrogens with one attached hydrogen (secondary N) is 3. The van der Waals surface area contributed by atoms with Gasteiger partial charge in [0, 0.05) is 12.6 Å². The van der Waals surface area contributed by atoms with Crippen LogP contribution in [0.4, 0.5) is 16.3 Å². The van der Waals surface area contributed by atoms with Crippen LogP contribution in [0, 0.1) is 0 Å². The number of pyridine rings is 1. The lowest BCUT2D eigenvalue weighted by Gasteiger charge is -2.22. The fraction of sp³-hybridized carbons (Fsp3) is 0.455. The molecule has 1 saturated carbocycles. The summed E-state index contributed by atoms with van der Waals surface area (Å²) in [5.41, 5.74) is 2.06. The Balaban J connectivity index is 1.43. The molecule has 0 aliphatic heterocycles. The Kier molecular flexibility index (Phi) is 7.55. The van der Waals surface area contributed by atoms with E-state index in [1.165, 1.54) is 19.3 Å². The van der Waals surface area contributed by atoms with Gasteiger partial charge in [-0.05, 0) is 49.1 Å². The fourth-order valence-electron chi connectivity index (χ4n) is 3.54. The van der Waals surface area contributed by atoms with Gasteiger partial charge in [-0.3, -0.25) is 5.32 Å². The first-order valence-electron chi connectivity index (χ1n) is 10.2. The van der Waals surface area contributed by atoms with E-state index in [4.69, 9.17) is 9.47 Å². The Morgan fingerprint density at radius 2 is 1.86 bits per heavy atom. The fourth-order valence-corrected chi connectivity index (χ4v) is 3.54. The van der Waals surface area contributed by atoms with Crippen LogP contribution in [0.5, 0.6) is 11.5 Å². The first-order valence-corrected chi connectivity index (χ1v) is 10.2. The highest BCUT2D eigenvalue weighted by Crippen LogP contribution is 2.27.